The highest BCUT2D eigenvalue weighted by Gasteiger charge is 2.26. The average Bonchev–Trinajstić information content (AvgIpc) is 3.28. The van der Waals surface area contributed by atoms with Crippen molar-refractivity contribution in [1.29, 1.82) is 5.41 Å². The molecule has 2 heterocycles. The molecule has 0 saturated carbocycles. The molecule has 5 N–H and O–H groups in total. The van der Waals surface area contributed by atoms with Gasteiger partial charge in [-0.05, 0) is 46.1 Å². The molecule has 204 valence electrons. The third-order valence-corrected chi connectivity index (χ3v) is 6.11. The summed E-state index contributed by atoms with van der Waals surface area (Å²) in [6.07, 6.45) is 1.84. The maximum absolute atomic E-state index is 15.3. The summed E-state index contributed by atoms with van der Waals surface area (Å²) in [5.74, 6) is -0.976. The highest BCUT2D eigenvalue weighted by molar-refractivity contribution is 9.10. The van der Waals surface area contributed by atoms with E-state index in [2.05, 4.69) is 31.0 Å². The van der Waals surface area contributed by atoms with Gasteiger partial charge in [-0.1, -0.05) is 24.3 Å². The van der Waals surface area contributed by atoms with Crippen LogP contribution in [-0.2, 0) is 11.2 Å². The van der Waals surface area contributed by atoms with Crippen LogP contribution in [0.15, 0.2) is 64.0 Å². The number of aromatic nitrogens is 4. The van der Waals surface area contributed by atoms with E-state index in [-0.39, 0.29) is 23.0 Å². The third-order valence-electron chi connectivity index (χ3n) is 5.49. The Morgan fingerprint density at radius 3 is 2.38 bits per heavy atom. The van der Waals surface area contributed by atoms with Gasteiger partial charge in [0.1, 0.15) is 17.5 Å². The van der Waals surface area contributed by atoms with E-state index in [9.17, 15) is 4.79 Å². The lowest BCUT2D eigenvalue weighted by Crippen LogP contribution is -2.17. The highest BCUT2D eigenvalue weighted by Crippen LogP contribution is 2.36. The molecule has 0 radical (unpaired) electrons. The number of aliphatic carboxylic acids is 1. The Kier molecular flexibility index (Phi) is 9.55. The number of carboxylic acid groups (broad SMARTS) is 1. The fraction of sp³-hybridized carbons (Fsp3) is 0.192. The van der Waals surface area contributed by atoms with Crippen molar-refractivity contribution in [3.63, 3.8) is 0 Å². The lowest BCUT2D eigenvalue weighted by molar-refractivity contribution is -0.134. The molecule has 2 aromatic carbocycles. The van der Waals surface area contributed by atoms with Crippen LogP contribution in [0.4, 0.5) is 4.39 Å². The average molecular weight is 601 g/mol. The lowest BCUT2D eigenvalue weighted by atomic mass is 9.90. The number of nitrogen functional groups attached to an aromatic ring is 1. The first-order chi connectivity index (χ1) is 18.5. The lowest BCUT2D eigenvalue weighted by Gasteiger charge is -2.18. The second-order valence-corrected chi connectivity index (χ2v) is 9.01. The van der Waals surface area contributed by atoms with Gasteiger partial charge in [0, 0.05) is 30.3 Å². The van der Waals surface area contributed by atoms with Crippen LogP contribution in [0.1, 0.15) is 35.4 Å². The van der Waals surface area contributed by atoms with Gasteiger partial charge >= 0.3 is 5.69 Å². The van der Waals surface area contributed by atoms with Crippen LogP contribution >= 0.6 is 15.9 Å². The summed E-state index contributed by atoms with van der Waals surface area (Å²) >= 11 is 3.38. The SMILES string of the molecule is CC(=O)O.COc1cc(F)c(C(Cc2ccc(C(=N)N)cc2)c2nn(-c3ncccc3Br)c(=O)[nH]2)cc1OC. The molecule has 39 heavy (non-hydrogen) atoms. The normalized spacial score (nSPS) is 11.2. The number of H-pyrrole nitrogens is 1. The van der Waals surface area contributed by atoms with Crippen LogP contribution in [0.5, 0.6) is 11.5 Å². The first-order valence-corrected chi connectivity index (χ1v) is 12.2. The Morgan fingerprint density at radius 2 is 1.82 bits per heavy atom. The predicted molar refractivity (Wildman–Crippen MR) is 145 cm³/mol. The molecule has 0 amide bonds. The minimum atomic E-state index is -0.833. The largest absolute Gasteiger partial charge is 0.493 e. The van der Waals surface area contributed by atoms with Gasteiger partial charge in [0.15, 0.2) is 17.3 Å². The molecular formula is C26H26BrFN6O5. The Bertz CT molecular complexity index is 1530. The van der Waals surface area contributed by atoms with E-state index < -0.39 is 23.4 Å². The number of benzene rings is 2. The van der Waals surface area contributed by atoms with Crippen molar-refractivity contribution in [2.24, 2.45) is 5.73 Å². The summed E-state index contributed by atoms with van der Waals surface area (Å²) in [5, 5.41) is 19.5. The molecule has 1 atom stereocenters. The van der Waals surface area contributed by atoms with E-state index >= 15 is 4.39 Å². The number of hydrogen-bond donors (Lipinski definition) is 4. The topological polar surface area (TPSA) is 169 Å². The quantitative estimate of drug-likeness (QED) is 0.175. The number of ether oxygens (including phenoxy) is 2. The number of nitrogens with zero attached hydrogens (tertiary/aromatic N) is 3. The zero-order chi connectivity index (χ0) is 28.7. The number of nitrogens with one attached hydrogen (secondary N) is 2. The van der Waals surface area contributed by atoms with Gasteiger partial charge in [0.05, 0.1) is 24.6 Å². The Labute approximate surface area is 231 Å². The Balaban J connectivity index is 0.000000983. The number of carbonyl (C=O) groups is 1. The van der Waals surface area contributed by atoms with Crippen molar-refractivity contribution in [2.75, 3.05) is 14.2 Å². The van der Waals surface area contributed by atoms with Gasteiger partial charge in [-0.15, -0.1) is 5.10 Å². The van der Waals surface area contributed by atoms with Crippen molar-refractivity contribution in [2.45, 2.75) is 19.3 Å². The van der Waals surface area contributed by atoms with Gasteiger partial charge in [-0.3, -0.25) is 15.2 Å². The molecule has 0 spiro atoms. The Morgan fingerprint density at radius 1 is 1.21 bits per heavy atom. The van der Waals surface area contributed by atoms with Gasteiger partial charge in [-0.2, -0.15) is 4.68 Å². The van der Waals surface area contributed by atoms with E-state index in [4.69, 9.17) is 30.5 Å². The summed E-state index contributed by atoms with van der Waals surface area (Å²) < 4.78 is 27.6. The minimum absolute atomic E-state index is 0.0527. The zero-order valence-electron chi connectivity index (χ0n) is 21.2. The Hall–Kier alpha value is -4.52. The van der Waals surface area contributed by atoms with Gasteiger partial charge in [-0.25, -0.2) is 14.2 Å². The van der Waals surface area contributed by atoms with Gasteiger partial charge < -0.3 is 20.3 Å². The molecule has 0 bridgehead atoms. The monoisotopic (exact) mass is 600 g/mol. The van der Waals surface area contributed by atoms with Crippen molar-refractivity contribution in [3.05, 3.63) is 98.0 Å². The second kappa shape index (κ2) is 12.8. The number of carboxylic acids is 1. The maximum Gasteiger partial charge on any atom is 0.349 e. The molecule has 11 nitrogen and oxygen atoms in total. The number of halogens is 2. The van der Waals surface area contributed by atoms with Crippen LogP contribution in [-0.4, -0.2) is 50.9 Å². The number of hydrogen-bond acceptors (Lipinski definition) is 7. The standard InChI is InChI=1S/C24H22BrFN6O3.C2H4O2/c1-34-19-11-15(18(26)12-20(19)35-2)16(10-13-5-7-14(8-6-13)21(27)28)22-30-24(33)32(31-22)23-17(25)4-3-9-29-23;1-2(3)4/h3-9,11-12,16H,10H2,1-2H3,(H3,27,28)(H,30,31,33);1H3,(H,3,4). The maximum atomic E-state index is 15.3. The molecule has 4 aromatic rings. The number of rotatable bonds is 8. The van der Waals surface area contributed by atoms with E-state index in [1.165, 1.54) is 26.4 Å². The third kappa shape index (κ3) is 7.08. The summed E-state index contributed by atoms with van der Waals surface area (Å²) in [5.41, 5.74) is 6.70. The molecule has 0 fully saturated rings. The van der Waals surface area contributed by atoms with E-state index in [1.807, 2.05) is 0 Å². The number of pyridine rings is 1. The van der Waals surface area contributed by atoms with Crippen LogP contribution < -0.4 is 20.9 Å². The van der Waals surface area contributed by atoms with E-state index in [0.29, 0.717) is 28.0 Å². The summed E-state index contributed by atoms with van der Waals surface area (Å²) in [7, 11) is 2.89. The molecule has 0 aliphatic heterocycles. The molecule has 0 saturated heterocycles. The molecule has 0 aliphatic rings. The molecule has 0 aliphatic carbocycles. The van der Waals surface area contributed by atoms with Crippen LogP contribution in [0.2, 0.25) is 0 Å². The molecule has 2 aromatic heterocycles. The highest BCUT2D eigenvalue weighted by atomic mass is 79.9. The first kappa shape index (κ1) is 29.0. The van der Waals surface area contributed by atoms with Crippen molar-refractivity contribution in [3.8, 4) is 17.3 Å². The molecule has 1 unspecified atom stereocenters. The molecule has 4 rings (SSSR count). The van der Waals surface area contributed by atoms with E-state index in [0.717, 1.165) is 17.2 Å². The fourth-order valence-electron chi connectivity index (χ4n) is 3.72. The van der Waals surface area contributed by atoms with Crippen LogP contribution in [0, 0.1) is 11.2 Å². The van der Waals surface area contributed by atoms with E-state index in [1.54, 1.807) is 42.6 Å². The van der Waals surface area contributed by atoms with Crippen molar-refractivity contribution < 1.29 is 23.8 Å². The number of nitrogens with two attached hydrogens (primary N) is 1. The van der Waals surface area contributed by atoms with Crippen LogP contribution in [0.25, 0.3) is 5.82 Å². The summed E-state index contributed by atoms with van der Waals surface area (Å²) in [6, 6.07) is 13.3. The number of amidine groups is 1. The summed E-state index contributed by atoms with van der Waals surface area (Å²) in [4.78, 5) is 28.8. The summed E-state index contributed by atoms with van der Waals surface area (Å²) in [6.45, 7) is 1.08. The molecule has 13 heteroatoms. The fourth-order valence-corrected chi connectivity index (χ4v) is 4.14. The minimum Gasteiger partial charge on any atom is -0.493 e. The van der Waals surface area contributed by atoms with Gasteiger partial charge in [0.2, 0.25) is 0 Å². The number of aromatic amines is 1. The van der Waals surface area contributed by atoms with Crippen LogP contribution in [0.3, 0.4) is 0 Å². The van der Waals surface area contributed by atoms with Crippen molar-refractivity contribution in [1.82, 2.24) is 19.7 Å². The van der Waals surface area contributed by atoms with Gasteiger partial charge in [0.25, 0.3) is 5.97 Å². The predicted octanol–water partition coefficient (Wildman–Crippen LogP) is 3.62. The first-order valence-electron chi connectivity index (χ1n) is 11.4. The second-order valence-electron chi connectivity index (χ2n) is 8.15. The molecular weight excluding hydrogens is 575 g/mol. The zero-order valence-corrected chi connectivity index (χ0v) is 22.8. The number of methoxy groups -OCH3 is 2. The smallest absolute Gasteiger partial charge is 0.349 e. The van der Waals surface area contributed by atoms with Crippen molar-refractivity contribution >= 4 is 27.7 Å².